The molecule has 2 heteroatoms. The molecule has 62 valence electrons. The van der Waals surface area contributed by atoms with Crippen molar-refractivity contribution in [2.24, 2.45) is 0 Å². The number of hydrogen-bond donors (Lipinski definition) is 1. The molecule has 0 saturated carbocycles. The quantitative estimate of drug-likeness (QED) is 0.613. The highest BCUT2D eigenvalue weighted by molar-refractivity contribution is 4.81. The molecule has 0 aromatic rings. The second kappa shape index (κ2) is 6.78. The van der Waals surface area contributed by atoms with E-state index in [0.29, 0.717) is 6.04 Å². The summed E-state index contributed by atoms with van der Waals surface area (Å²) in [5.41, 5.74) is 0. The minimum atomic E-state index is 0. The van der Waals surface area contributed by atoms with Crippen molar-refractivity contribution >= 4 is 0 Å². The van der Waals surface area contributed by atoms with Gasteiger partial charge in [0, 0.05) is 6.04 Å². The van der Waals surface area contributed by atoms with Crippen molar-refractivity contribution in [1.29, 1.82) is 0 Å². The van der Waals surface area contributed by atoms with E-state index in [2.05, 4.69) is 32.4 Å². The van der Waals surface area contributed by atoms with Crippen LogP contribution < -0.4 is 6.15 Å². The Morgan fingerprint density at radius 2 is 2.10 bits per heavy atom. The fraction of sp³-hybridized carbons (Fsp3) is 0.750. The van der Waals surface area contributed by atoms with E-state index in [0.717, 1.165) is 6.54 Å². The van der Waals surface area contributed by atoms with Gasteiger partial charge in [0.1, 0.15) is 0 Å². The molecule has 0 aromatic carbocycles. The Labute approximate surface area is 64.5 Å². The van der Waals surface area contributed by atoms with Crippen LogP contribution in [0.15, 0.2) is 12.7 Å². The van der Waals surface area contributed by atoms with Crippen LogP contribution in [0.1, 0.15) is 20.3 Å². The second-order valence-corrected chi connectivity index (χ2v) is 2.46. The highest BCUT2D eigenvalue weighted by Crippen LogP contribution is 1.95. The lowest BCUT2D eigenvalue weighted by Crippen LogP contribution is -2.27. The van der Waals surface area contributed by atoms with E-state index < -0.39 is 0 Å². The molecule has 0 aliphatic heterocycles. The third-order valence-electron chi connectivity index (χ3n) is 1.61. The van der Waals surface area contributed by atoms with Crippen molar-refractivity contribution in [3.8, 4) is 0 Å². The lowest BCUT2D eigenvalue weighted by molar-refractivity contribution is 0.298. The van der Waals surface area contributed by atoms with Gasteiger partial charge in [0.2, 0.25) is 0 Å². The monoisotopic (exact) mass is 144 g/mol. The Morgan fingerprint density at radius 1 is 1.60 bits per heavy atom. The van der Waals surface area contributed by atoms with Crippen molar-refractivity contribution in [2.75, 3.05) is 13.6 Å². The fourth-order valence-corrected chi connectivity index (χ4v) is 0.736. The van der Waals surface area contributed by atoms with Crippen LogP contribution in [0.4, 0.5) is 0 Å². The molecule has 1 atom stereocenters. The van der Waals surface area contributed by atoms with Crippen molar-refractivity contribution in [1.82, 2.24) is 11.1 Å². The van der Waals surface area contributed by atoms with Crippen molar-refractivity contribution < 1.29 is 0 Å². The van der Waals surface area contributed by atoms with Crippen LogP contribution in [-0.2, 0) is 0 Å². The SMILES string of the molecule is C=CC(C)N(C)CCC.N. The summed E-state index contributed by atoms with van der Waals surface area (Å²) in [5.74, 6) is 0. The molecule has 0 amide bonds. The van der Waals surface area contributed by atoms with Crippen LogP contribution >= 0.6 is 0 Å². The van der Waals surface area contributed by atoms with E-state index in [1.165, 1.54) is 6.42 Å². The highest BCUT2D eigenvalue weighted by Gasteiger charge is 2.00. The number of hydrogen-bond acceptors (Lipinski definition) is 2. The van der Waals surface area contributed by atoms with Gasteiger partial charge in [-0.25, -0.2) is 0 Å². The fourth-order valence-electron chi connectivity index (χ4n) is 0.736. The van der Waals surface area contributed by atoms with E-state index in [4.69, 9.17) is 0 Å². The lowest BCUT2D eigenvalue weighted by Gasteiger charge is -2.20. The Bertz CT molecular complexity index is 81.3. The molecular formula is C8H20N2. The summed E-state index contributed by atoms with van der Waals surface area (Å²) in [4.78, 5) is 2.28. The minimum absolute atomic E-state index is 0. The Balaban J connectivity index is 0. The maximum atomic E-state index is 3.72. The summed E-state index contributed by atoms with van der Waals surface area (Å²) >= 11 is 0. The number of likely N-dealkylation sites (N-methyl/N-ethyl adjacent to an activating group) is 1. The third kappa shape index (κ3) is 4.53. The first-order chi connectivity index (χ1) is 4.22. The van der Waals surface area contributed by atoms with Gasteiger partial charge in [-0.05, 0) is 26.9 Å². The van der Waals surface area contributed by atoms with Crippen LogP contribution in [0.3, 0.4) is 0 Å². The Morgan fingerprint density at radius 3 is 2.40 bits per heavy atom. The second-order valence-electron chi connectivity index (χ2n) is 2.46. The average Bonchev–Trinajstić information content (AvgIpc) is 1.87. The molecule has 0 aliphatic rings. The predicted molar refractivity (Wildman–Crippen MR) is 47.6 cm³/mol. The first kappa shape index (κ1) is 12.3. The predicted octanol–water partition coefficient (Wildman–Crippen LogP) is 2.06. The molecule has 2 nitrogen and oxygen atoms in total. The van der Waals surface area contributed by atoms with Crippen molar-refractivity contribution in [2.45, 2.75) is 26.3 Å². The number of rotatable bonds is 4. The Kier molecular flexibility index (Phi) is 8.37. The zero-order chi connectivity index (χ0) is 7.28. The maximum absolute atomic E-state index is 3.72. The van der Waals surface area contributed by atoms with E-state index in [9.17, 15) is 0 Å². The molecule has 3 N–H and O–H groups in total. The van der Waals surface area contributed by atoms with E-state index in [1.807, 2.05) is 6.08 Å². The molecule has 0 bridgehead atoms. The Hall–Kier alpha value is -0.340. The zero-order valence-electron chi connectivity index (χ0n) is 7.43. The molecule has 0 rings (SSSR count). The van der Waals surface area contributed by atoms with Crippen LogP contribution in [0.25, 0.3) is 0 Å². The van der Waals surface area contributed by atoms with Crippen LogP contribution in [0.5, 0.6) is 0 Å². The first-order valence-corrected chi connectivity index (χ1v) is 3.55. The smallest absolute Gasteiger partial charge is 0.0244 e. The summed E-state index contributed by atoms with van der Waals surface area (Å²) in [6.07, 6.45) is 3.18. The van der Waals surface area contributed by atoms with Gasteiger partial charge in [-0.1, -0.05) is 13.0 Å². The largest absolute Gasteiger partial charge is 0.344 e. The molecule has 10 heavy (non-hydrogen) atoms. The standard InChI is InChI=1S/C8H17N.H3N/c1-5-7-9(4)8(3)6-2;/h6,8H,2,5,7H2,1,3-4H3;1H3. The van der Waals surface area contributed by atoms with Crippen LogP contribution in [0, 0.1) is 0 Å². The summed E-state index contributed by atoms with van der Waals surface area (Å²) in [7, 11) is 2.12. The molecular weight excluding hydrogens is 124 g/mol. The molecule has 0 aromatic heterocycles. The molecule has 0 spiro atoms. The van der Waals surface area contributed by atoms with Gasteiger partial charge >= 0.3 is 0 Å². The van der Waals surface area contributed by atoms with Gasteiger partial charge in [0.15, 0.2) is 0 Å². The normalized spacial score (nSPS) is 12.4. The van der Waals surface area contributed by atoms with E-state index in [-0.39, 0.29) is 6.15 Å². The van der Waals surface area contributed by atoms with Crippen molar-refractivity contribution in [3.05, 3.63) is 12.7 Å². The zero-order valence-corrected chi connectivity index (χ0v) is 7.43. The summed E-state index contributed by atoms with van der Waals surface area (Å²) in [5, 5.41) is 0. The van der Waals surface area contributed by atoms with E-state index in [1.54, 1.807) is 0 Å². The average molecular weight is 144 g/mol. The summed E-state index contributed by atoms with van der Waals surface area (Å²) in [6, 6.07) is 0.518. The topological polar surface area (TPSA) is 38.2 Å². The molecule has 0 aliphatic carbocycles. The van der Waals surface area contributed by atoms with Gasteiger partial charge in [0.25, 0.3) is 0 Å². The first-order valence-electron chi connectivity index (χ1n) is 3.55. The van der Waals surface area contributed by atoms with Crippen LogP contribution in [-0.4, -0.2) is 24.5 Å². The van der Waals surface area contributed by atoms with Gasteiger partial charge in [-0.15, -0.1) is 6.58 Å². The summed E-state index contributed by atoms with van der Waals surface area (Å²) in [6.45, 7) is 9.22. The van der Waals surface area contributed by atoms with Gasteiger partial charge in [-0.3, -0.25) is 0 Å². The molecule has 0 heterocycles. The van der Waals surface area contributed by atoms with Gasteiger partial charge < -0.3 is 11.1 Å². The molecule has 1 unspecified atom stereocenters. The maximum Gasteiger partial charge on any atom is 0.0244 e. The van der Waals surface area contributed by atoms with E-state index >= 15 is 0 Å². The lowest BCUT2D eigenvalue weighted by atomic mass is 10.3. The molecule has 0 radical (unpaired) electrons. The molecule has 0 fully saturated rings. The van der Waals surface area contributed by atoms with Gasteiger partial charge in [0.05, 0.1) is 0 Å². The highest BCUT2D eigenvalue weighted by atomic mass is 15.1. The number of nitrogens with zero attached hydrogens (tertiary/aromatic N) is 1. The molecule has 0 saturated heterocycles. The third-order valence-corrected chi connectivity index (χ3v) is 1.61. The van der Waals surface area contributed by atoms with Crippen molar-refractivity contribution in [3.63, 3.8) is 0 Å². The summed E-state index contributed by atoms with van der Waals surface area (Å²) < 4.78 is 0. The van der Waals surface area contributed by atoms with Crippen LogP contribution in [0.2, 0.25) is 0 Å². The minimum Gasteiger partial charge on any atom is -0.344 e. The van der Waals surface area contributed by atoms with Gasteiger partial charge in [-0.2, -0.15) is 0 Å².